The topological polar surface area (TPSA) is 38.8 Å². The zero-order chi connectivity index (χ0) is 32.5. The maximum Gasteiger partial charge on any atom is 0.215 e. The highest BCUT2D eigenvalue weighted by Gasteiger charge is 2.40. The number of aliphatic imine (C=N–C) groups is 1. The van der Waals surface area contributed by atoms with Crippen LogP contribution in [0.2, 0.25) is 0 Å². The van der Waals surface area contributed by atoms with E-state index >= 15 is 0 Å². The van der Waals surface area contributed by atoms with Crippen molar-refractivity contribution < 1.29 is 5.32 Å². The molecule has 4 nitrogen and oxygen atoms in total. The second-order valence-electron chi connectivity index (χ2n) is 14.1. The molecule has 2 N–H and O–H groups in total. The number of rotatable bonds is 2. The van der Waals surface area contributed by atoms with Gasteiger partial charge in [0.05, 0.1) is 22.2 Å². The number of benzene rings is 6. The van der Waals surface area contributed by atoms with Crippen LogP contribution in [0.4, 0.5) is 11.4 Å². The van der Waals surface area contributed by atoms with Crippen molar-refractivity contribution in [1.29, 1.82) is 0 Å². The lowest BCUT2D eigenvalue weighted by Crippen LogP contribution is -2.82. The van der Waals surface area contributed by atoms with E-state index in [1.165, 1.54) is 82.8 Å². The summed E-state index contributed by atoms with van der Waals surface area (Å²) in [4.78, 5) is 5.37. The van der Waals surface area contributed by atoms with Crippen molar-refractivity contribution in [2.45, 2.75) is 12.1 Å². The smallest absolute Gasteiger partial charge is 0.215 e. The molecule has 0 amide bonds. The molecule has 0 fully saturated rings. The van der Waals surface area contributed by atoms with Crippen molar-refractivity contribution in [1.82, 2.24) is 9.13 Å². The van der Waals surface area contributed by atoms with Gasteiger partial charge < -0.3 is 4.57 Å². The van der Waals surface area contributed by atoms with Crippen molar-refractivity contribution in [2.24, 2.45) is 10.9 Å². The summed E-state index contributed by atoms with van der Waals surface area (Å²) in [5.41, 5.74) is 14.8. The van der Waals surface area contributed by atoms with Gasteiger partial charge in [0.2, 0.25) is 6.17 Å². The fourth-order valence-electron chi connectivity index (χ4n) is 9.36. The first-order valence-electron chi connectivity index (χ1n) is 17.6. The Bertz CT molecular complexity index is 2910. The van der Waals surface area contributed by atoms with E-state index in [-0.39, 0.29) is 6.17 Å². The minimum Gasteiger partial charge on any atom is -0.310 e. The highest BCUT2D eigenvalue weighted by molar-refractivity contribution is 6.27. The van der Waals surface area contributed by atoms with Gasteiger partial charge in [0.25, 0.3) is 0 Å². The molecule has 4 aliphatic rings. The number of nitrogens with two attached hydrogens (primary N) is 1. The first-order chi connectivity index (χ1) is 24.8. The van der Waals surface area contributed by atoms with Gasteiger partial charge in [0, 0.05) is 50.7 Å². The van der Waals surface area contributed by atoms with Crippen LogP contribution in [0.3, 0.4) is 0 Å². The van der Waals surface area contributed by atoms with Crippen molar-refractivity contribution in [2.75, 3.05) is 0 Å². The van der Waals surface area contributed by atoms with Crippen LogP contribution < -0.4 is 5.32 Å². The largest absolute Gasteiger partial charge is 0.310 e. The lowest BCUT2D eigenvalue weighted by atomic mass is 9.78. The van der Waals surface area contributed by atoms with Crippen LogP contribution in [0.5, 0.6) is 0 Å². The Labute approximate surface area is 288 Å². The predicted molar refractivity (Wildman–Crippen MR) is 206 cm³/mol. The maximum atomic E-state index is 5.37. The van der Waals surface area contributed by atoms with Crippen molar-refractivity contribution >= 4 is 66.6 Å². The molecule has 3 atom stereocenters. The highest BCUT2D eigenvalue weighted by atomic mass is 15.2. The van der Waals surface area contributed by atoms with Crippen LogP contribution >= 0.6 is 0 Å². The summed E-state index contributed by atoms with van der Waals surface area (Å²) in [6.45, 7) is 0. The summed E-state index contributed by atoms with van der Waals surface area (Å²) in [5.74, 6) is 0.673. The molecule has 0 spiro atoms. The number of quaternary nitrogens is 1. The van der Waals surface area contributed by atoms with E-state index in [0.717, 1.165) is 11.4 Å². The maximum absolute atomic E-state index is 5.37. The Balaban J connectivity index is 1.15. The number of allylic oxidation sites excluding steroid dienone is 5. The summed E-state index contributed by atoms with van der Waals surface area (Å²) >= 11 is 0. The Kier molecular flexibility index (Phi) is 5.17. The standard InChI is InChI=1S/C46H30N4/c1-2-12-31(13-3-1)49-40-22-20-29(24-36(40)42-32-14-6-4-10-27(32)19-23-41(42)49)30-25-35-34-21-18-28-11-5-7-15-33(28)44(34)50-45(35)37(26-30)43-46(50)48-39-17-9-8-16-38(39)47-43/h1-27,32,46,48H/p+1. The molecule has 234 valence electrons. The number of fused-ring (bicyclic) bond motifs is 14. The van der Waals surface area contributed by atoms with Crippen LogP contribution in [-0.4, -0.2) is 14.8 Å². The predicted octanol–water partition coefficient (Wildman–Crippen LogP) is 10.3. The van der Waals surface area contributed by atoms with Gasteiger partial charge in [-0.25, -0.2) is 4.99 Å². The molecule has 2 aliphatic carbocycles. The first kappa shape index (κ1) is 26.7. The lowest BCUT2D eigenvalue weighted by molar-refractivity contribution is -0.614. The number of nitrogens with zero attached hydrogens (tertiary/aromatic N) is 3. The summed E-state index contributed by atoms with van der Waals surface area (Å²) in [5, 5.41) is 8.88. The van der Waals surface area contributed by atoms with Crippen LogP contribution in [0.15, 0.2) is 157 Å². The van der Waals surface area contributed by atoms with Crippen molar-refractivity contribution in [3.8, 4) is 16.8 Å². The summed E-state index contributed by atoms with van der Waals surface area (Å²) in [6.07, 6.45) is 13.9. The highest BCUT2D eigenvalue weighted by Crippen LogP contribution is 2.48. The lowest BCUT2D eigenvalue weighted by Gasteiger charge is -2.26. The molecule has 12 rings (SSSR count). The van der Waals surface area contributed by atoms with Gasteiger partial charge in [0.1, 0.15) is 11.4 Å². The van der Waals surface area contributed by atoms with E-state index in [2.05, 4.69) is 172 Å². The van der Waals surface area contributed by atoms with Gasteiger partial charge in [-0.15, -0.1) is 0 Å². The van der Waals surface area contributed by atoms with Gasteiger partial charge in [0.15, 0.2) is 5.69 Å². The Morgan fingerprint density at radius 2 is 1.46 bits per heavy atom. The van der Waals surface area contributed by atoms with Gasteiger partial charge in [-0.3, -0.25) is 9.88 Å². The van der Waals surface area contributed by atoms with Crippen LogP contribution in [0.25, 0.3) is 66.4 Å². The average Bonchev–Trinajstić information content (AvgIpc) is 3.81. The van der Waals surface area contributed by atoms with Gasteiger partial charge in [-0.1, -0.05) is 103 Å². The molecule has 0 saturated carbocycles. The summed E-state index contributed by atoms with van der Waals surface area (Å²) in [6, 6.07) is 44.7. The summed E-state index contributed by atoms with van der Waals surface area (Å²) in [7, 11) is 0. The third-order valence-electron chi connectivity index (χ3n) is 11.5. The average molecular weight is 640 g/mol. The van der Waals surface area contributed by atoms with Crippen molar-refractivity contribution in [3.63, 3.8) is 0 Å². The van der Waals surface area contributed by atoms with E-state index in [1.807, 2.05) is 0 Å². The molecule has 4 heteroatoms. The van der Waals surface area contributed by atoms with Crippen LogP contribution in [-0.2, 0) is 0 Å². The van der Waals surface area contributed by atoms with Gasteiger partial charge in [-0.2, -0.15) is 0 Å². The molecule has 8 aromatic rings. The number of hydrogen-bond acceptors (Lipinski definition) is 1. The molecule has 3 unspecified atom stereocenters. The second kappa shape index (κ2) is 9.69. The molecule has 0 bridgehead atoms. The summed E-state index contributed by atoms with van der Waals surface area (Å²) < 4.78 is 5.01. The minimum absolute atomic E-state index is 0.0465. The van der Waals surface area contributed by atoms with Crippen LogP contribution in [0, 0.1) is 5.92 Å². The second-order valence-corrected chi connectivity index (χ2v) is 14.1. The quantitative estimate of drug-likeness (QED) is 0.183. The molecular formula is C46H31N4+. The zero-order valence-corrected chi connectivity index (χ0v) is 27.2. The van der Waals surface area contributed by atoms with E-state index in [9.17, 15) is 0 Å². The first-order valence-corrected chi connectivity index (χ1v) is 17.6. The molecule has 50 heavy (non-hydrogen) atoms. The number of hydrogen-bond donors (Lipinski definition) is 1. The van der Waals surface area contributed by atoms with E-state index < -0.39 is 0 Å². The fourth-order valence-corrected chi connectivity index (χ4v) is 9.36. The number of para-hydroxylation sites is 3. The molecule has 0 radical (unpaired) electrons. The minimum atomic E-state index is 0.0465. The van der Waals surface area contributed by atoms with E-state index in [4.69, 9.17) is 4.99 Å². The fraction of sp³-hybridized carbons (Fsp3) is 0.0652. The normalized spacial score (nSPS) is 19.6. The Morgan fingerprint density at radius 1 is 0.620 bits per heavy atom. The molecule has 0 saturated heterocycles. The van der Waals surface area contributed by atoms with E-state index in [0.29, 0.717) is 11.8 Å². The molecular weight excluding hydrogens is 609 g/mol. The Morgan fingerprint density at radius 3 is 2.42 bits per heavy atom. The molecule has 6 aromatic carbocycles. The van der Waals surface area contributed by atoms with Crippen molar-refractivity contribution in [3.05, 3.63) is 169 Å². The third-order valence-corrected chi connectivity index (χ3v) is 11.5. The SMILES string of the molecule is C1=CC2C=Cc3c(c4cc(-c5cc6c7c(c5)c5ccc8ccccc8c5n7C5[NH2+]c7ccccc7N=C65)ccc4n3-c3ccccc3)C2C=C1. The molecule has 2 aliphatic heterocycles. The zero-order valence-electron chi connectivity index (χ0n) is 27.2. The molecule has 2 aromatic heterocycles. The van der Waals surface area contributed by atoms with Crippen LogP contribution in [0.1, 0.15) is 28.9 Å². The number of aromatic nitrogens is 2. The van der Waals surface area contributed by atoms with Gasteiger partial charge in [-0.05, 0) is 70.6 Å². The third kappa shape index (κ3) is 3.45. The van der Waals surface area contributed by atoms with Gasteiger partial charge >= 0.3 is 0 Å². The molecule has 4 heterocycles. The Hall–Kier alpha value is -6.23. The monoisotopic (exact) mass is 639 g/mol. The van der Waals surface area contributed by atoms with E-state index in [1.54, 1.807) is 0 Å².